The molecule has 170 valence electrons. The van der Waals surface area contributed by atoms with Gasteiger partial charge in [0.1, 0.15) is 23.2 Å². The molecule has 4 aromatic rings. The third-order valence-electron chi connectivity index (χ3n) is 5.82. The Hall–Kier alpha value is -2.48. The molecular formula is C29H29BrFOP. The van der Waals surface area contributed by atoms with Crippen molar-refractivity contribution in [2.24, 2.45) is 0 Å². The van der Waals surface area contributed by atoms with E-state index < -0.39 is 7.26 Å². The summed E-state index contributed by atoms with van der Waals surface area (Å²) in [6, 6.07) is 39.5. The predicted molar refractivity (Wildman–Crippen MR) is 136 cm³/mol. The van der Waals surface area contributed by atoms with Gasteiger partial charge in [0.05, 0.1) is 12.8 Å². The topological polar surface area (TPSA) is 9.23 Å². The summed E-state index contributed by atoms with van der Waals surface area (Å²) in [7, 11) is -1.77. The fourth-order valence-corrected chi connectivity index (χ4v) is 8.66. The minimum absolute atomic E-state index is 0. The Morgan fingerprint density at radius 2 is 1.00 bits per heavy atom. The second-order valence-electron chi connectivity index (χ2n) is 7.88. The lowest BCUT2D eigenvalue weighted by Gasteiger charge is -2.27. The fraction of sp³-hybridized carbons (Fsp3) is 0.172. The molecule has 4 rings (SSSR count). The second-order valence-corrected chi connectivity index (χ2v) is 11.5. The molecule has 4 aromatic carbocycles. The summed E-state index contributed by atoms with van der Waals surface area (Å²) >= 11 is 0. The van der Waals surface area contributed by atoms with Crippen LogP contribution in [0.5, 0.6) is 5.75 Å². The maximum atomic E-state index is 13.8. The fourth-order valence-electron chi connectivity index (χ4n) is 4.25. The number of unbranched alkanes of at least 4 members (excludes halogenated alkanes) is 2. The van der Waals surface area contributed by atoms with Crippen molar-refractivity contribution in [1.29, 1.82) is 0 Å². The summed E-state index contributed by atoms with van der Waals surface area (Å²) in [6.07, 6.45) is 4.15. The highest BCUT2D eigenvalue weighted by atomic mass is 79.9. The van der Waals surface area contributed by atoms with Gasteiger partial charge in [-0.2, -0.15) is 0 Å². The first-order valence-electron chi connectivity index (χ1n) is 11.2. The summed E-state index contributed by atoms with van der Waals surface area (Å²) in [4.78, 5) is 0. The van der Waals surface area contributed by atoms with Crippen LogP contribution >= 0.6 is 7.26 Å². The number of halogens is 2. The van der Waals surface area contributed by atoms with E-state index >= 15 is 0 Å². The summed E-state index contributed by atoms with van der Waals surface area (Å²) < 4.78 is 19.4. The van der Waals surface area contributed by atoms with Crippen molar-refractivity contribution in [1.82, 2.24) is 0 Å². The Morgan fingerprint density at radius 3 is 1.48 bits per heavy atom. The third-order valence-corrected chi connectivity index (χ3v) is 10.3. The quantitative estimate of drug-likeness (QED) is 0.229. The molecule has 0 spiro atoms. The van der Waals surface area contributed by atoms with Crippen LogP contribution < -0.4 is 37.6 Å². The first-order chi connectivity index (χ1) is 15.8. The van der Waals surface area contributed by atoms with Crippen LogP contribution in [0.2, 0.25) is 0 Å². The van der Waals surface area contributed by atoms with E-state index in [0.717, 1.165) is 25.4 Å². The van der Waals surface area contributed by atoms with Crippen molar-refractivity contribution in [2.75, 3.05) is 12.8 Å². The van der Waals surface area contributed by atoms with Crippen LogP contribution in [0.15, 0.2) is 115 Å². The Kier molecular flexibility index (Phi) is 9.66. The molecule has 0 saturated carbocycles. The first kappa shape index (κ1) is 25.1. The summed E-state index contributed by atoms with van der Waals surface area (Å²) in [5, 5.41) is 4.25. The van der Waals surface area contributed by atoms with E-state index in [1.54, 1.807) is 18.2 Å². The van der Waals surface area contributed by atoms with Gasteiger partial charge in [0.25, 0.3) is 0 Å². The molecule has 0 aliphatic carbocycles. The number of hydrogen-bond donors (Lipinski definition) is 0. The van der Waals surface area contributed by atoms with Crippen molar-refractivity contribution >= 4 is 23.2 Å². The van der Waals surface area contributed by atoms with Gasteiger partial charge in [-0.1, -0.05) is 66.7 Å². The van der Waals surface area contributed by atoms with Gasteiger partial charge in [0, 0.05) is 0 Å². The van der Waals surface area contributed by atoms with Crippen LogP contribution in [-0.4, -0.2) is 12.8 Å². The highest BCUT2D eigenvalue weighted by Crippen LogP contribution is 2.55. The summed E-state index contributed by atoms with van der Waals surface area (Å²) in [5.41, 5.74) is 0. The number of benzene rings is 4. The van der Waals surface area contributed by atoms with E-state index in [4.69, 9.17) is 4.74 Å². The van der Waals surface area contributed by atoms with Gasteiger partial charge in [-0.15, -0.1) is 0 Å². The Bertz CT molecular complexity index is 993. The number of hydrogen-bond acceptors (Lipinski definition) is 1. The normalized spacial score (nSPS) is 10.9. The molecule has 0 saturated heterocycles. The zero-order valence-electron chi connectivity index (χ0n) is 18.6. The minimum atomic E-state index is -1.77. The Labute approximate surface area is 207 Å². The van der Waals surface area contributed by atoms with E-state index in [9.17, 15) is 4.39 Å². The SMILES string of the molecule is Fc1ccccc1OCCCCC[P+](c1ccccc1)(c1ccccc1)c1ccccc1.[Br-]. The molecule has 33 heavy (non-hydrogen) atoms. The van der Waals surface area contributed by atoms with Crippen LogP contribution in [0.1, 0.15) is 19.3 Å². The largest absolute Gasteiger partial charge is 1.00 e. The molecular weight excluding hydrogens is 494 g/mol. The van der Waals surface area contributed by atoms with Crippen LogP contribution in [0, 0.1) is 5.82 Å². The maximum Gasteiger partial charge on any atom is 0.165 e. The monoisotopic (exact) mass is 522 g/mol. The van der Waals surface area contributed by atoms with Gasteiger partial charge < -0.3 is 21.7 Å². The van der Waals surface area contributed by atoms with Gasteiger partial charge in [-0.3, -0.25) is 0 Å². The molecule has 0 aliphatic heterocycles. The van der Waals surface area contributed by atoms with E-state index in [-0.39, 0.29) is 22.8 Å². The summed E-state index contributed by atoms with van der Waals surface area (Å²) in [5.74, 6) is 0.0434. The molecule has 0 fully saturated rings. The predicted octanol–water partition coefficient (Wildman–Crippen LogP) is 3.37. The number of rotatable bonds is 10. The van der Waals surface area contributed by atoms with Crippen molar-refractivity contribution in [3.05, 3.63) is 121 Å². The maximum absolute atomic E-state index is 13.8. The van der Waals surface area contributed by atoms with Gasteiger partial charge in [0.15, 0.2) is 11.6 Å². The first-order valence-corrected chi connectivity index (χ1v) is 13.2. The van der Waals surface area contributed by atoms with E-state index in [1.807, 2.05) is 0 Å². The van der Waals surface area contributed by atoms with Gasteiger partial charge >= 0.3 is 0 Å². The lowest BCUT2D eigenvalue weighted by atomic mass is 10.2. The lowest BCUT2D eigenvalue weighted by Crippen LogP contribution is -3.00. The second kappa shape index (κ2) is 12.7. The van der Waals surface area contributed by atoms with Crippen molar-refractivity contribution in [2.45, 2.75) is 19.3 Å². The zero-order valence-corrected chi connectivity index (χ0v) is 21.1. The van der Waals surface area contributed by atoms with E-state index in [1.165, 1.54) is 22.0 Å². The average molecular weight is 523 g/mol. The van der Waals surface area contributed by atoms with Crippen LogP contribution in [-0.2, 0) is 0 Å². The van der Waals surface area contributed by atoms with Gasteiger partial charge in [-0.05, 0) is 67.8 Å². The van der Waals surface area contributed by atoms with Crippen molar-refractivity contribution in [3.8, 4) is 5.75 Å². The van der Waals surface area contributed by atoms with Gasteiger partial charge in [-0.25, -0.2) is 4.39 Å². The molecule has 0 bridgehead atoms. The molecule has 0 atom stereocenters. The number of para-hydroxylation sites is 1. The molecule has 0 unspecified atom stereocenters. The smallest absolute Gasteiger partial charge is 0.165 e. The highest BCUT2D eigenvalue weighted by molar-refractivity contribution is 7.95. The number of ether oxygens (including phenoxy) is 1. The molecule has 0 radical (unpaired) electrons. The van der Waals surface area contributed by atoms with Crippen LogP contribution in [0.3, 0.4) is 0 Å². The minimum Gasteiger partial charge on any atom is -1.00 e. The van der Waals surface area contributed by atoms with Gasteiger partial charge in [0.2, 0.25) is 0 Å². The molecule has 0 aromatic heterocycles. The van der Waals surface area contributed by atoms with Crippen LogP contribution in [0.4, 0.5) is 4.39 Å². The zero-order chi connectivity index (χ0) is 22.1. The molecule has 1 nitrogen and oxygen atoms in total. The Balaban J connectivity index is 0.00000306. The summed E-state index contributed by atoms with van der Waals surface area (Å²) in [6.45, 7) is 0.536. The highest BCUT2D eigenvalue weighted by Gasteiger charge is 2.44. The standard InChI is InChI=1S/C29H29FOP.BrH/c30-28-21-11-12-22-29(28)31-23-13-4-14-24-32(25-15-5-1-6-16-25,26-17-7-2-8-18-26)27-19-9-3-10-20-27;/h1-3,5-12,15-22H,4,13-14,23-24H2;1H/q+1;/p-1. The Morgan fingerprint density at radius 1 is 0.545 bits per heavy atom. The average Bonchev–Trinajstić information content (AvgIpc) is 2.86. The van der Waals surface area contributed by atoms with Crippen molar-refractivity contribution in [3.63, 3.8) is 0 Å². The molecule has 0 aliphatic rings. The van der Waals surface area contributed by atoms with E-state index in [0.29, 0.717) is 12.4 Å². The van der Waals surface area contributed by atoms with Crippen LogP contribution in [0.25, 0.3) is 0 Å². The molecule has 0 N–H and O–H groups in total. The third kappa shape index (κ3) is 6.10. The molecule has 0 heterocycles. The molecule has 0 amide bonds. The lowest BCUT2D eigenvalue weighted by molar-refractivity contribution is -0.00000718. The van der Waals surface area contributed by atoms with E-state index in [2.05, 4.69) is 91.0 Å². The molecule has 4 heteroatoms. The van der Waals surface area contributed by atoms with Crippen molar-refractivity contribution < 1.29 is 26.1 Å².